The Morgan fingerprint density at radius 3 is 2.33 bits per heavy atom. The number of carbonyl (C=O) groups excluding carboxylic acids is 1. The molecule has 0 saturated carbocycles. The molecule has 0 spiro atoms. The van der Waals surface area contributed by atoms with E-state index < -0.39 is 5.91 Å². The molecule has 0 bridgehead atoms. The number of carbonyl (C=O) groups is 1. The summed E-state index contributed by atoms with van der Waals surface area (Å²) in [5, 5.41) is 12.0. The topological polar surface area (TPSA) is 71.3 Å². The molecule has 0 atom stereocenters. The second kappa shape index (κ2) is 7.84. The van der Waals surface area contributed by atoms with Crippen LogP contribution in [0.1, 0.15) is 11.1 Å². The summed E-state index contributed by atoms with van der Waals surface area (Å²) < 4.78 is 10.4. The van der Waals surface area contributed by atoms with Crippen LogP contribution in [0, 0.1) is 18.3 Å². The van der Waals surface area contributed by atoms with Crippen LogP contribution in [0.3, 0.4) is 0 Å². The first kappa shape index (κ1) is 17.1. The minimum Gasteiger partial charge on any atom is -0.493 e. The number of nitrogens with zero attached hydrogens (tertiary/aromatic N) is 1. The van der Waals surface area contributed by atoms with Crippen LogP contribution in [-0.2, 0) is 4.79 Å². The van der Waals surface area contributed by atoms with Crippen LogP contribution in [0.5, 0.6) is 11.5 Å². The first-order chi connectivity index (χ1) is 11.6. The number of rotatable bonds is 5. The Morgan fingerprint density at radius 1 is 1.08 bits per heavy atom. The lowest BCUT2D eigenvalue weighted by molar-refractivity contribution is -0.112. The Bertz CT molecular complexity index is 802. The van der Waals surface area contributed by atoms with E-state index in [-0.39, 0.29) is 5.57 Å². The molecule has 1 N–H and O–H groups in total. The summed E-state index contributed by atoms with van der Waals surface area (Å²) in [6, 6.07) is 14.5. The molecule has 0 saturated heterocycles. The number of hydrogen-bond acceptors (Lipinski definition) is 4. The summed E-state index contributed by atoms with van der Waals surface area (Å²) in [5.74, 6) is 0.649. The highest BCUT2D eigenvalue weighted by Crippen LogP contribution is 2.28. The van der Waals surface area contributed by atoms with E-state index in [1.807, 2.05) is 25.1 Å². The van der Waals surface area contributed by atoms with Crippen LogP contribution in [0.2, 0.25) is 0 Å². The average Bonchev–Trinajstić information content (AvgIpc) is 2.61. The van der Waals surface area contributed by atoms with Crippen molar-refractivity contribution in [1.29, 1.82) is 5.26 Å². The fourth-order valence-electron chi connectivity index (χ4n) is 2.09. The van der Waals surface area contributed by atoms with Crippen LogP contribution in [-0.4, -0.2) is 20.1 Å². The number of ether oxygens (including phenoxy) is 2. The van der Waals surface area contributed by atoms with Crippen molar-refractivity contribution in [2.75, 3.05) is 19.5 Å². The van der Waals surface area contributed by atoms with Gasteiger partial charge in [0.05, 0.1) is 14.2 Å². The van der Waals surface area contributed by atoms with Gasteiger partial charge in [-0.25, -0.2) is 0 Å². The molecule has 0 fully saturated rings. The van der Waals surface area contributed by atoms with E-state index >= 15 is 0 Å². The van der Waals surface area contributed by atoms with Gasteiger partial charge in [0.15, 0.2) is 11.5 Å². The lowest BCUT2D eigenvalue weighted by Gasteiger charge is -2.08. The highest BCUT2D eigenvalue weighted by Gasteiger charge is 2.11. The summed E-state index contributed by atoms with van der Waals surface area (Å²) in [4.78, 5) is 12.3. The van der Waals surface area contributed by atoms with Crippen molar-refractivity contribution in [2.24, 2.45) is 0 Å². The van der Waals surface area contributed by atoms with Crippen molar-refractivity contribution in [3.8, 4) is 17.6 Å². The maximum absolute atomic E-state index is 12.3. The van der Waals surface area contributed by atoms with E-state index in [1.165, 1.54) is 13.2 Å². The van der Waals surface area contributed by atoms with Gasteiger partial charge in [-0.2, -0.15) is 5.26 Å². The molecule has 5 heteroatoms. The number of aryl methyl sites for hydroxylation is 1. The molecule has 0 aliphatic carbocycles. The Morgan fingerprint density at radius 2 is 1.75 bits per heavy atom. The molecule has 0 aliphatic rings. The summed E-state index contributed by atoms with van der Waals surface area (Å²) >= 11 is 0. The van der Waals surface area contributed by atoms with Gasteiger partial charge < -0.3 is 14.8 Å². The fraction of sp³-hybridized carbons (Fsp3) is 0.158. The Balaban J connectivity index is 2.23. The zero-order valence-corrected chi connectivity index (χ0v) is 13.8. The van der Waals surface area contributed by atoms with Gasteiger partial charge in [-0.05, 0) is 42.8 Å². The van der Waals surface area contributed by atoms with Gasteiger partial charge in [-0.1, -0.05) is 23.8 Å². The quantitative estimate of drug-likeness (QED) is 0.675. The normalized spacial score (nSPS) is 10.7. The molecular formula is C19H18N2O3. The number of amides is 1. The van der Waals surface area contributed by atoms with E-state index in [0.29, 0.717) is 22.7 Å². The number of methoxy groups -OCH3 is 2. The third kappa shape index (κ3) is 4.14. The number of anilines is 1. The molecule has 5 nitrogen and oxygen atoms in total. The third-order valence-corrected chi connectivity index (χ3v) is 3.39. The molecule has 2 aromatic carbocycles. The van der Waals surface area contributed by atoms with Gasteiger partial charge >= 0.3 is 0 Å². The molecule has 24 heavy (non-hydrogen) atoms. The maximum atomic E-state index is 12.3. The Labute approximate surface area is 141 Å². The van der Waals surface area contributed by atoms with Gasteiger partial charge in [0.1, 0.15) is 11.6 Å². The minimum absolute atomic E-state index is 0.00259. The highest BCUT2D eigenvalue weighted by molar-refractivity contribution is 6.09. The van der Waals surface area contributed by atoms with Crippen LogP contribution in [0.4, 0.5) is 5.69 Å². The van der Waals surface area contributed by atoms with Crippen LogP contribution in [0.25, 0.3) is 6.08 Å². The molecule has 0 unspecified atom stereocenters. The van der Waals surface area contributed by atoms with Crippen LogP contribution in [0.15, 0.2) is 48.0 Å². The summed E-state index contributed by atoms with van der Waals surface area (Å²) in [7, 11) is 3.07. The summed E-state index contributed by atoms with van der Waals surface area (Å²) in [5.41, 5.74) is 2.40. The van der Waals surface area contributed by atoms with Gasteiger partial charge in [-0.3, -0.25) is 4.79 Å². The first-order valence-electron chi connectivity index (χ1n) is 7.29. The second-order valence-electron chi connectivity index (χ2n) is 5.10. The van der Waals surface area contributed by atoms with Crippen molar-refractivity contribution < 1.29 is 14.3 Å². The predicted molar refractivity (Wildman–Crippen MR) is 92.9 cm³/mol. The lowest BCUT2D eigenvalue weighted by atomic mass is 10.1. The number of nitrogens with one attached hydrogen (secondary N) is 1. The largest absolute Gasteiger partial charge is 0.493 e. The molecular weight excluding hydrogens is 304 g/mol. The van der Waals surface area contributed by atoms with Crippen molar-refractivity contribution in [1.82, 2.24) is 0 Å². The van der Waals surface area contributed by atoms with Gasteiger partial charge in [-0.15, -0.1) is 0 Å². The highest BCUT2D eigenvalue weighted by atomic mass is 16.5. The smallest absolute Gasteiger partial charge is 0.266 e. The fourth-order valence-corrected chi connectivity index (χ4v) is 2.09. The van der Waals surface area contributed by atoms with Gasteiger partial charge in [0.25, 0.3) is 5.91 Å². The molecule has 0 heterocycles. The molecule has 0 aromatic heterocycles. The standard InChI is InChI=1S/C19H18N2O3/c1-13-4-7-16(8-5-13)21-19(22)15(12-20)10-14-6-9-17(23-2)18(11-14)24-3/h4-11H,1-3H3,(H,21,22)/b15-10-. The lowest BCUT2D eigenvalue weighted by Crippen LogP contribution is -2.13. The van der Waals surface area contributed by atoms with E-state index in [9.17, 15) is 10.1 Å². The van der Waals surface area contributed by atoms with Crippen molar-refractivity contribution >= 4 is 17.7 Å². The molecule has 0 aliphatic heterocycles. The van der Waals surface area contributed by atoms with Gasteiger partial charge in [0, 0.05) is 5.69 Å². The number of hydrogen-bond donors (Lipinski definition) is 1. The Hall–Kier alpha value is -3.26. The molecule has 2 rings (SSSR count). The zero-order chi connectivity index (χ0) is 17.5. The van der Waals surface area contributed by atoms with Crippen LogP contribution >= 0.6 is 0 Å². The van der Waals surface area contributed by atoms with Crippen molar-refractivity contribution in [3.63, 3.8) is 0 Å². The predicted octanol–water partition coefficient (Wildman–Crippen LogP) is 3.56. The SMILES string of the molecule is COc1ccc(/C=C(/C#N)C(=O)Nc2ccc(C)cc2)cc1OC. The molecule has 2 aromatic rings. The van der Waals surface area contributed by atoms with Crippen molar-refractivity contribution in [3.05, 3.63) is 59.2 Å². The number of nitriles is 1. The van der Waals surface area contributed by atoms with Gasteiger partial charge in [0.2, 0.25) is 0 Å². The zero-order valence-electron chi connectivity index (χ0n) is 13.8. The average molecular weight is 322 g/mol. The summed E-state index contributed by atoms with van der Waals surface area (Å²) in [6.45, 7) is 1.96. The monoisotopic (exact) mass is 322 g/mol. The second-order valence-corrected chi connectivity index (χ2v) is 5.10. The van der Waals surface area contributed by atoms with Crippen molar-refractivity contribution in [2.45, 2.75) is 6.92 Å². The van der Waals surface area contributed by atoms with E-state index in [2.05, 4.69) is 5.32 Å². The summed E-state index contributed by atoms with van der Waals surface area (Å²) in [6.07, 6.45) is 1.51. The van der Waals surface area contributed by atoms with E-state index in [1.54, 1.807) is 37.4 Å². The minimum atomic E-state index is -0.462. The van der Waals surface area contributed by atoms with E-state index in [0.717, 1.165) is 5.56 Å². The maximum Gasteiger partial charge on any atom is 0.266 e. The molecule has 122 valence electrons. The first-order valence-corrected chi connectivity index (χ1v) is 7.29. The van der Waals surface area contributed by atoms with Crippen LogP contribution < -0.4 is 14.8 Å². The third-order valence-electron chi connectivity index (χ3n) is 3.39. The molecule has 0 radical (unpaired) electrons. The van der Waals surface area contributed by atoms with E-state index in [4.69, 9.17) is 9.47 Å². The molecule has 1 amide bonds. The Kier molecular flexibility index (Phi) is 5.58. The number of benzene rings is 2.